The number of carbonyl (C=O) groups is 1. The molecule has 1 aromatic carbocycles. The third-order valence-electron chi connectivity index (χ3n) is 4.05. The minimum atomic E-state index is -0.296. The Morgan fingerprint density at radius 2 is 2.08 bits per heavy atom. The molecule has 2 heterocycles. The van der Waals surface area contributed by atoms with E-state index in [4.69, 9.17) is 4.74 Å². The van der Waals surface area contributed by atoms with Gasteiger partial charge in [0.1, 0.15) is 5.75 Å². The van der Waals surface area contributed by atoms with Crippen molar-refractivity contribution < 1.29 is 9.53 Å². The fourth-order valence-electron chi connectivity index (χ4n) is 2.51. The van der Waals surface area contributed by atoms with Crippen molar-refractivity contribution in [2.24, 2.45) is 7.05 Å². The Kier molecular flexibility index (Phi) is 5.13. The molecule has 0 fully saturated rings. The molecule has 2 aromatic heterocycles. The van der Waals surface area contributed by atoms with Gasteiger partial charge in [0.15, 0.2) is 12.4 Å². The number of ether oxygens (including phenoxy) is 1. The van der Waals surface area contributed by atoms with E-state index in [0.29, 0.717) is 15.9 Å². The second kappa shape index (κ2) is 7.33. The highest BCUT2D eigenvalue weighted by molar-refractivity contribution is 9.10. The number of amides is 1. The van der Waals surface area contributed by atoms with E-state index in [1.54, 1.807) is 28.8 Å². The van der Waals surface area contributed by atoms with Crippen molar-refractivity contribution >= 4 is 27.5 Å². The molecule has 0 saturated carbocycles. The highest BCUT2D eigenvalue weighted by Crippen LogP contribution is 2.22. The van der Waals surface area contributed by atoms with Crippen LogP contribution in [0.15, 0.2) is 35.1 Å². The second-order valence-corrected chi connectivity index (χ2v) is 6.93. The predicted molar refractivity (Wildman–Crippen MR) is 102 cm³/mol. The third-order valence-corrected chi connectivity index (χ3v) is 5.00. The van der Waals surface area contributed by atoms with Crippen LogP contribution >= 0.6 is 15.9 Å². The zero-order valence-electron chi connectivity index (χ0n) is 15.1. The fraction of sp³-hybridized carbons (Fsp3) is 0.278. The first-order valence-electron chi connectivity index (χ1n) is 8.08. The molecule has 1 amide bonds. The number of aromatic nitrogens is 4. The minimum absolute atomic E-state index is 0.256. The minimum Gasteiger partial charge on any atom is -0.471 e. The Bertz CT molecular complexity index is 961. The quantitative estimate of drug-likeness (QED) is 0.687. The predicted octanol–water partition coefficient (Wildman–Crippen LogP) is 3.59. The highest BCUT2D eigenvalue weighted by Gasteiger charge is 2.18. The summed E-state index contributed by atoms with van der Waals surface area (Å²) in [6.45, 7) is 6.19. The van der Waals surface area contributed by atoms with Gasteiger partial charge in [0.2, 0.25) is 0 Å². The first-order valence-corrected chi connectivity index (χ1v) is 8.87. The van der Waals surface area contributed by atoms with Crippen molar-refractivity contribution in [2.75, 3.05) is 5.32 Å². The van der Waals surface area contributed by atoms with Crippen LogP contribution in [0.5, 0.6) is 5.75 Å². The number of nitrogens with one attached hydrogen (secondary N) is 1. The molecule has 0 spiro atoms. The summed E-state index contributed by atoms with van der Waals surface area (Å²) in [5.74, 6) is 0.514. The van der Waals surface area contributed by atoms with Gasteiger partial charge in [-0.25, -0.2) is 4.68 Å². The van der Waals surface area contributed by atoms with Gasteiger partial charge in [-0.15, -0.1) is 0 Å². The van der Waals surface area contributed by atoms with Crippen molar-refractivity contribution in [3.05, 3.63) is 57.6 Å². The average Bonchev–Trinajstić information content (AvgIpc) is 3.14. The van der Waals surface area contributed by atoms with Crippen molar-refractivity contribution in [3.63, 3.8) is 0 Å². The monoisotopic (exact) mass is 417 g/mol. The molecule has 0 aliphatic rings. The van der Waals surface area contributed by atoms with E-state index in [1.165, 1.54) is 5.56 Å². The van der Waals surface area contributed by atoms with Gasteiger partial charge in [-0.3, -0.25) is 9.48 Å². The molecule has 0 radical (unpaired) electrons. The van der Waals surface area contributed by atoms with Crippen LogP contribution in [0.4, 0.5) is 5.69 Å². The van der Waals surface area contributed by atoms with Gasteiger partial charge in [0.25, 0.3) is 5.91 Å². The van der Waals surface area contributed by atoms with E-state index in [1.807, 2.05) is 32.9 Å². The van der Waals surface area contributed by atoms with Crippen LogP contribution in [0, 0.1) is 20.8 Å². The number of benzene rings is 1. The summed E-state index contributed by atoms with van der Waals surface area (Å²) in [5, 5.41) is 11.2. The molecule has 136 valence electrons. The molecule has 0 atom stereocenters. The van der Waals surface area contributed by atoms with Gasteiger partial charge < -0.3 is 10.1 Å². The van der Waals surface area contributed by atoms with Crippen LogP contribution in [0.25, 0.3) is 0 Å². The van der Waals surface area contributed by atoms with Crippen molar-refractivity contribution in [2.45, 2.75) is 27.5 Å². The lowest BCUT2D eigenvalue weighted by Crippen LogP contribution is -2.13. The van der Waals surface area contributed by atoms with Crippen LogP contribution in [0.3, 0.4) is 0 Å². The number of hydrogen-bond acceptors (Lipinski definition) is 4. The third kappa shape index (κ3) is 3.80. The van der Waals surface area contributed by atoms with Crippen LogP contribution in [-0.2, 0) is 13.8 Å². The summed E-state index contributed by atoms with van der Waals surface area (Å²) >= 11 is 3.40. The average molecular weight is 418 g/mol. The molecule has 26 heavy (non-hydrogen) atoms. The molecule has 7 nitrogen and oxygen atoms in total. The standard InChI is InChI=1S/C18H20BrN5O2/c1-11-5-6-15(12(2)7-11)26-10-24-9-14(8-20-24)21-18(25)17-16(19)13(3)23(4)22-17/h5-9H,10H2,1-4H3,(H,21,25). The molecule has 1 N–H and O–H groups in total. The molecule has 8 heteroatoms. The fourth-order valence-corrected chi connectivity index (χ4v) is 3.03. The first-order chi connectivity index (χ1) is 12.3. The van der Waals surface area contributed by atoms with E-state index < -0.39 is 0 Å². The van der Waals surface area contributed by atoms with Crippen LogP contribution < -0.4 is 10.1 Å². The summed E-state index contributed by atoms with van der Waals surface area (Å²) in [6.07, 6.45) is 3.29. The van der Waals surface area contributed by atoms with Gasteiger partial charge in [-0.05, 0) is 48.3 Å². The van der Waals surface area contributed by atoms with Crippen LogP contribution in [0.1, 0.15) is 27.3 Å². The second-order valence-electron chi connectivity index (χ2n) is 6.14. The maximum atomic E-state index is 12.4. The van der Waals surface area contributed by atoms with E-state index in [-0.39, 0.29) is 12.6 Å². The van der Waals surface area contributed by atoms with Gasteiger partial charge in [-0.2, -0.15) is 10.2 Å². The Morgan fingerprint density at radius 3 is 2.73 bits per heavy atom. The Labute approximate surface area is 160 Å². The molecule has 0 aliphatic carbocycles. The zero-order valence-corrected chi connectivity index (χ0v) is 16.7. The van der Waals surface area contributed by atoms with Crippen LogP contribution in [0.2, 0.25) is 0 Å². The summed E-state index contributed by atoms with van der Waals surface area (Å²) < 4.78 is 9.74. The highest BCUT2D eigenvalue weighted by atomic mass is 79.9. The topological polar surface area (TPSA) is 74.0 Å². The Hall–Kier alpha value is -2.61. The molecule has 0 unspecified atom stereocenters. The van der Waals surface area contributed by atoms with E-state index in [0.717, 1.165) is 17.0 Å². The Morgan fingerprint density at radius 1 is 1.31 bits per heavy atom. The number of nitrogens with zero attached hydrogens (tertiary/aromatic N) is 4. The summed E-state index contributed by atoms with van der Waals surface area (Å²) in [6, 6.07) is 6.01. The molecule has 3 aromatic rings. The van der Waals surface area contributed by atoms with Gasteiger partial charge in [-0.1, -0.05) is 17.7 Å². The van der Waals surface area contributed by atoms with Gasteiger partial charge in [0, 0.05) is 7.05 Å². The summed E-state index contributed by atoms with van der Waals surface area (Å²) in [5.41, 5.74) is 4.06. The lowest BCUT2D eigenvalue weighted by molar-refractivity contribution is 0.102. The number of rotatable bonds is 5. The Balaban J connectivity index is 1.64. The number of carbonyl (C=O) groups excluding carboxylic acids is 1. The van der Waals surface area contributed by atoms with Crippen molar-refractivity contribution in [1.29, 1.82) is 0 Å². The summed E-state index contributed by atoms with van der Waals surface area (Å²) in [7, 11) is 1.79. The van der Waals surface area contributed by atoms with Crippen LogP contribution in [-0.4, -0.2) is 25.5 Å². The maximum absolute atomic E-state index is 12.4. The molecule has 0 bridgehead atoms. The van der Waals surface area contributed by atoms with E-state index >= 15 is 0 Å². The molecule has 0 aliphatic heterocycles. The van der Waals surface area contributed by atoms with Crippen molar-refractivity contribution in [3.8, 4) is 5.75 Å². The lowest BCUT2D eigenvalue weighted by atomic mass is 10.1. The number of hydrogen-bond donors (Lipinski definition) is 1. The van der Waals surface area contributed by atoms with E-state index in [2.05, 4.69) is 37.5 Å². The number of halogens is 1. The molecule has 0 saturated heterocycles. The smallest absolute Gasteiger partial charge is 0.277 e. The normalized spacial score (nSPS) is 10.8. The van der Waals surface area contributed by atoms with Gasteiger partial charge >= 0.3 is 0 Å². The van der Waals surface area contributed by atoms with E-state index in [9.17, 15) is 4.79 Å². The molecule has 3 rings (SSSR count). The first kappa shape index (κ1) is 18.2. The number of aryl methyl sites for hydroxylation is 3. The number of anilines is 1. The molecular weight excluding hydrogens is 398 g/mol. The largest absolute Gasteiger partial charge is 0.471 e. The lowest BCUT2D eigenvalue weighted by Gasteiger charge is -2.09. The van der Waals surface area contributed by atoms with Gasteiger partial charge in [0.05, 0.1) is 28.2 Å². The SMILES string of the molecule is Cc1ccc(OCn2cc(NC(=O)c3nn(C)c(C)c3Br)cn2)c(C)c1. The zero-order chi connectivity index (χ0) is 18.8. The summed E-state index contributed by atoms with van der Waals surface area (Å²) in [4.78, 5) is 12.4. The maximum Gasteiger partial charge on any atom is 0.277 e. The van der Waals surface area contributed by atoms with Crippen molar-refractivity contribution in [1.82, 2.24) is 19.6 Å². The molecular formula is C18H20BrN5O2.